The van der Waals surface area contributed by atoms with Crippen molar-refractivity contribution in [2.45, 2.75) is 0 Å². The average Bonchev–Trinajstić information content (AvgIpc) is 2.99. The van der Waals surface area contributed by atoms with Gasteiger partial charge in [0.1, 0.15) is 5.01 Å². The van der Waals surface area contributed by atoms with E-state index in [9.17, 15) is 0 Å². The summed E-state index contributed by atoms with van der Waals surface area (Å²) >= 11 is 4.07. The summed E-state index contributed by atoms with van der Waals surface area (Å²) in [5.74, 6) is 0. The second kappa shape index (κ2) is 4.00. The molecule has 0 saturated carbocycles. The summed E-state index contributed by atoms with van der Waals surface area (Å²) < 4.78 is 63.4. The molecule has 0 unspecified atom stereocenters. The first-order valence-electron chi connectivity index (χ1n) is 8.29. The zero-order valence-corrected chi connectivity index (χ0v) is 10.1. The van der Waals surface area contributed by atoms with E-state index in [1.54, 1.807) is 0 Å². The van der Waals surface area contributed by atoms with Crippen molar-refractivity contribution in [3.05, 3.63) is 52.8 Å². The van der Waals surface area contributed by atoms with Gasteiger partial charge < -0.3 is 0 Å². The quantitative estimate of drug-likeness (QED) is 0.633. The predicted molar refractivity (Wildman–Crippen MR) is 72.8 cm³/mol. The average molecular weight is 298 g/mol. The van der Waals surface area contributed by atoms with Gasteiger partial charge in [0.15, 0.2) is 0 Å². The predicted octanol–water partition coefficient (Wildman–Crippen LogP) is 4.73. The molecule has 1 aromatic heterocycles. The maximum atomic E-state index is 8.05. The Labute approximate surface area is 117 Å². The van der Waals surface area contributed by atoms with E-state index in [4.69, 9.17) is 11.0 Å². The van der Waals surface area contributed by atoms with E-state index < -0.39 is 18.1 Å². The number of hydrogen-bond acceptors (Lipinski definition) is 2. The van der Waals surface area contributed by atoms with E-state index in [1.807, 2.05) is 0 Å². The molecule has 3 aromatic rings. The molecule has 1 nitrogen and oxygen atoms in total. The SMILES string of the molecule is [2H]c1c([2H])c([2H])c(-c2nc3c([2H])c([2H])c(Br)c([2H])c3s2)c([2H])c1[2H]. The topological polar surface area (TPSA) is 12.9 Å². The molecule has 16 heavy (non-hydrogen) atoms. The molecule has 0 aliphatic rings. The van der Waals surface area contributed by atoms with Crippen LogP contribution in [0, 0.1) is 0 Å². The Morgan fingerprint density at radius 1 is 1.12 bits per heavy atom. The zero-order valence-electron chi connectivity index (χ0n) is 15.7. The summed E-state index contributed by atoms with van der Waals surface area (Å²) in [5, 5.41) is 0.126. The summed E-state index contributed by atoms with van der Waals surface area (Å²) in [6.07, 6.45) is 0. The first-order valence-corrected chi connectivity index (χ1v) is 5.90. The maximum absolute atomic E-state index is 8.05. The molecule has 0 aliphatic carbocycles. The second-order valence-corrected chi connectivity index (χ2v) is 4.68. The molecule has 0 N–H and O–H groups in total. The second-order valence-electron chi connectivity index (χ2n) is 2.89. The van der Waals surface area contributed by atoms with Gasteiger partial charge in [-0.05, 0) is 18.1 Å². The molecule has 0 fully saturated rings. The largest absolute Gasteiger partial charge is 0.236 e. The van der Waals surface area contributed by atoms with Crippen LogP contribution in [0.2, 0.25) is 0 Å². The number of benzene rings is 2. The molecule has 0 saturated heterocycles. The molecule has 0 aliphatic heterocycles. The van der Waals surface area contributed by atoms with Crippen LogP contribution in [-0.2, 0) is 0 Å². The summed E-state index contributed by atoms with van der Waals surface area (Å²) in [7, 11) is 0. The molecule has 0 amide bonds. The molecular weight excluding hydrogens is 282 g/mol. The monoisotopic (exact) mass is 297 g/mol. The minimum atomic E-state index is -0.492. The van der Waals surface area contributed by atoms with Gasteiger partial charge in [0.2, 0.25) is 0 Å². The van der Waals surface area contributed by atoms with Crippen molar-refractivity contribution >= 4 is 37.5 Å². The van der Waals surface area contributed by atoms with Gasteiger partial charge in [0.25, 0.3) is 0 Å². The van der Waals surface area contributed by atoms with Crippen molar-refractivity contribution < 1.29 is 11.0 Å². The Kier molecular flexibility index (Phi) is 1.15. The molecule has 0 spiro atoms. The van der Waals surface area contributed by atoms with Crippen LogP contribution < -0.4 is 0 Å². The van der Waals surface area contributed by atoms with Crippen LogP contribution in [0.4, 0.5) is 0 Å². The van der Waals surface area contributed by atoms with Crippen LogP contribution in [0.15, 0.2) is 52.8 Å². The molecular formula is C13H8BrNS. The molecule has 0 bridgehead atoms. The lowest BCUT2D eigenvalue weighted by molar-refractivity contribution is 1.47. The minimum Gasteiger partial charge on any atom is -0.236 e. The highest BCUT2D eigenvalue weighted by atomic mass is 79.9. The highest BCUT2D eigenvalue weighted by Gasteiger charge is 2.05. The van der Waals surface area contributed by atoms with E-state index >= 15 is 0 Å². The zero-order chi connectivity index (χ0) is 17.9. The van der Waals surface area contributed by atoms with Crippen molar-refractivity contribution in [2.24, 2.45) is 0 Å². The van der Waals surface area contributed by atoms with Gasteiger partial charge in [-0.1, -0.05) is 46.1 Å². The molecule has 3 heteroatoms. The van der Waals surface area contributed by atoms with E-state index in [0.717, 1.165) is 11.3 Å². The molecule has 2 aromatic carbocycles. The number of aromatic nitrogens is 1. The van der Waals surface area contributed by atoms with Crippen LogP contribution in [0.25, 0.3) is 20.8 Å². The fourth-order valence-corrected chi connectivity index (χ4v) is 2.51. The normalized spacial score (nSPS) is 17.8. The molecule has 0 atom stereocenters. The van der Waals surface area contributed by atoms with Crippen molar-refractivity contribution in [3.8, 4) is 10.6 Å². The number of rotatable bonds is 1. The van der Waals surface area contributed by atoms with E-state index in [-0.39, 0.29) is 50.8 Å². The first kappa shape index (κ1) is 4.59. The van der Waals surface area contributed by atoms with Crippen LogP contribution in [0.3, 0.4) is 0 Å². The lowest BCUT2D eigenvalue weighted by Gasteiger charge is -1.92. The number of fused-ring (bicyclic) bond motifs is 1. The van der Waals surface area contributed by atoms with Gasteiger partial charge >= 0.3 is 0 Å². The van der Waals surface area contributed by atoms with E-state index in [0.29, 0.717) is 4.70 Å². The fourth-order valence-electron chi connectivity index (χ4n) is 1.20. The van der Waals surface area contributed by atoms with Crippen LogP contribution in [-0.4, -0.2) is 4.98 Å². The Balaban J connectivity index is 2.42. The van der Waals surface area contributed by atoms with Crippen LogP contribution >= 0.6 is 27.3 Å². The lowest BCUT2D eigenvalue weighted by atomic mass is 10.2. The smallest absolute Gasteiger partial charge is 0.124 e. The number of nitrogens with zero attached hydrogens (tertiary/aromatic N) is 1. The first-order chi connectivity index (χ1) is 11.2. The number of halogens is 1. The highest BCUT2D eigenvalue weighted by Crippen LogP contribution is 2.31. The van der Waals surface area contributed by atoms with Crippen LogP contribution in [0.1, 0.15) is 11.0 Å². The van der Waals surface area contributed by atoms with Gasteiger partial charge in [0, 0.05) is 10.0 Å². The van der Waals surface area contributed by atoms with Gasteiger partial charge in [0.05, 0.1) is 21.2 Å². The number of thiazole rings is 1. The lowest BCUT2D eigenvalue weighted by Crippen LogP contribution is -1.73. The third kappa shape index (κ3) is 1.77. The van der Waals surface area contributed by atoms with E-state index in [2.05, 4.69) is 20.9 Å². The Morgan fingerprint density at radius 3 is 2.75 bits per heavy atom. The Hall–Kier alpha value is -1.19. The van der Waals surface area contributed by atoms with Gasteiger partial charge in [-0.15, -0.1) is 11.3 Å². The summed E-state index contributed by atoms with van der Waals surface area (Å²) in [6.45, 7) is 0. The standard InChI is InChI=1S/C13H8BrNS/c14-10-6-7-11-12(8-10)16-13(15-11)9-4-2-1-3-5-9/h1-8H/i1D,2D,3D,4D,5D,6D,7D,8D. The third-order valence-electron chi connectivity index (χ3n) is 1.85. The fraction of sp³-hybridized carbons (Fsp3) is 0. The van der Waals surface area contributed by atoms with Gasteiger partial charge in [-0.3, -0.25) is 0 Å². The van der Waals surface area contributed by atoms with Gasteiger partial charge in [-0.25, -0.2) is 4.98 Å². The van der Waals surface area contributed by atoms with Crippen molar-refractivity contribution in [1.29, 1.82) is 0 Å². The number of hydrogen-bond donors (Lipinski definition) is 0. The van der Waals surface area contributed by atoms with Crippen molar-refractivity contribution in [3.63, 3.8) is 0 Å². The summed E-state index contributed by atoms with van der Waals surface area (Å²) in [4.78, 5) is 4.18. The Bertz CT molecular complexity index is 942. The molecule has 1 heterocycles. The summed E-state index contributed by atoms with van der Waals surface area (Å²) in [6, 6.07) is -2.56. The molecule has 0 radical (unpaired) electrons. The van der Waals surface area contributed by atoms with Crippen molar-refractivity contribution in [2.75, 3.05) is 0 Å². The van der Waals surface area contributed by atoms with Crippen LogP contribution in [0.5, 0.6) is 0 Å². The van der Waals surface area contributed by atoms with Crippen molar-refractivity contribution in [1.82, 2.24) is 4.98 Å². The van der Waals surface area contributed by atoms with E-state index in [1.165, 1.54) is 0 Å². The molecule has 3 rings (SSSR count). The highest BCUT2D eigenvalue weighted by molar-refractivity contribution is 9.10. The maximum Gasteiger partial charge on any atom is 0.124 e. The third-order valence-corrected chi connectivity index (χ3v) is 3.24. The molecule has 78 valence electrons. The minimum absolute atomic E-state index is 0.0119. The summed E-state index contributed by atoms with van der Waals surface area (Å²) in [5.41, 5.74) is 0.0451. The van der Waals surface area contributed by atoms with Gasteiger partial charge in [-0.2, -0.15) is 0 Å². The Morgan fingerprint density at radius 2 is 1.94 bits per heavy atom.